The molecular formula is C16H22O4. The van der Waals surface area contributed by atoms with Crippen LogP contribution in [0.5, 0.6) is 11.5 Å². The van der Waals surface area contributed by atoms with Gasteiger partial charge in [0, 0.05) is 12.0 Å². The molecule has 1 rings (SSSR count). The molecule has 0 bridgehead atoms. The van der Waals surface area contributed by atoms with Crippen LogP contribution in [0.2, 0.25) is 0 Å². The van der Waals surface area contributed by atoms with Crippen molar-refractivity contribution in [1.29, 1.82) is 0 Å². The molecule has 0 saturated carbocycles. The van der Waals surface area contributed by atoms with Gasteiger partial charge in [-0.2, -0.15) is 0 Å². The normalized spacial score (nSPS) is 11.6. The van der Waals surface area contributed by atoms with Crippen LogP contribution in [0.4, 0.5) is 0 Å². The lowest BCUT2D eigenvalue weighted by atomic mass is 9.96. The van der Waals surface area contributed by atoms with Gasteiger partial charge in [-0.25, -0.2) is 0 Å². The van der Waals surface area contributed by atoms with Crippen LogP contribution in [0.1, 0.15) is 50.5 Å². The van der Waals surface area contributed by atoms with E-state index in [1.807, 2.05) is 0 Å². The maximum atomic E-state index is 11.9. The molecule has 0 amide bonds. The van der Waals surface area contributed by atoms with E-state index in [1.165, 1.54) is 6.07 Å². The zero-order valence-corrected chi connectivity index (χ0v) is 12.9. The summed E-state index contributed by atoms with van der Waals surface area (Å²) in [6.45, 7) is 10.5. The molecule has 0 aliphatic heterocycles. The Kier molecular flexibility index (Phi) is 4.58. The molecule has 0 saturated heterocycles. The summed E-state index contributed by atoms with van der Waals surface area (Å²) in [4.78, 5) is 23.8. The van der Waals surface area contributed by atoms with Gasteiger partial charge in [0.25, 0.3) is 0 Å². The average Bonchev–Trinajstić information content (AvgIpc) is 2.31. The van der Waals surface area contributed by atoms with Crippen molar-refractivity contribution in [3.05, 3.63) is 23.3 Å². The lowest BCUT2D eigenvalue weighted by Gasteiger charge is -2.18. The van der Waals surface area contributed by atoms with Crippen LogP contribution < -0.4 is 4.74 Å². The Bertz CT molecular complexity index is 536. The second-order valence-corrected chi connectivity index (χ2v) is 6.29. The monoisotopic (exact) mass is 278 g/mol. The number of benzene rings is 1. The van der Waals surface area contributed by atoms with E-state index >= 15 is 0 Å². The number of aryl methyl sites for hydroxylation is 1. The summed E-state index contributed by atoms with van der Waals surface area (Å²) in [5.74, 6) is -0.612. The standard InChI is InChI=1S/C16H22O4/c1-9(2)14(18)11-7-10(3)13(8-12(11)17)20-15(19)16(4,5)6/h7-9,17H,1-6H3. The van der Waals surface area contributed by atoms with E-state index < -0.39 is 5.41 Å². The minimum absolute atomic E-state index is 0.140. The Morgan fingerprint density at radius 3 is 2.20 bits per heavy atom. The zero-order chi connectivity index (χ0) is 15.7. The fraction of sp³-hybridized carbons (Fsp3) is 0.500. The molecule has 0 heterocycles. The molecular weight excluding hydrogens is 256 g/mol. The van der Waals surface area contributed by atoms with Gasteiger partial charge in [0.15, 0.2) is 5.78 Å². The summed E-state index contributed by atoms with van der Waals surface area (Å²) in [5, 5.41) is 9.94. The van der Waals surface area contributed by atoms with Crippen LogP contribution in [0.3, 0.4) is 0 Å². The smallest absolute Gasteiger partial charge is 0.316 e. The molecule has 1 aromatic carbocycles. The molecule has 0 fully saturated rings. The van der Waals surface area contributed by atoms with Crippen molar-refractivity contribution in [2.75, 3.05) is 0 Å². The zero-order valence-electron chi connectivity index (χ0n) is 12.9. The third-order valence-electron chi connectivity index (χ3n) is 2.90. The highest BCUT2D eigenvalue weighted by atomic mass is 16.5. The molecule has 1 N–H and O–H groups in total. The number of hydrogen-bond donors (Lipinski definition) is 1. The Morgan fingerprint density at radius 1 is 1.20 bits per heavy atom. The Morgan fingerprint density at radius 2 is 1.75 bits per heavy atom. The summed E-state index contributed by atoms with van der Waals surface area (Å²) in [6.07, 6.45) is 0. The number of ketones is 1. The van der Waals surface area contributed by atoms with Crippen LogP contribution in [-0.2, 0) is 4.79 Å². The lowest BCUT2D eigenvalue weighted by molar-refractivity contribution is -0.143. The first kappa shape index (κ1) is 16.2. The highest BCUT2D eigenvalue weighted by Crippen LogP contribution is 2.31. The SMILES string of the molecule is Cc1cc(C(=O)C(C)C)c(O)cc1OC(=O)C(C)(C)C. The molecule has 0 atom stereocenters. The van der Waals surface area contributed by atoms with Gasteiger partial charge in [0.1, 0.15) is 11.5 Å². The predicted octanol–water partition coefficient (Wildman–Crippen LogP) is 3.49. The van der Waals surface area contributed by atoms with Crippen LogP contribution in [0.15, 0.2) is 12.1 Å². The minimum atomic E-state index is -0.630. The maximum absolute atomic E-state index is 11.9. The van der Waals surface area contributed by atoms with Crippen molar-refractivity contribution in [3.8, 4) is 11.5 Å². The van der Waals surface area contributed by atoms with Crippen LogP contribution in [0.25, 0.3) is 0 Å². The van der Waals surface area contributed by atoms with Gasteiger partial charge in [-0.3, -0.25) is 9.59 Å². The molecule has 0 spiro atoms. The van der Waals surface area contributed by atoms with Crippen molar-refractivity contribution in [3.63, 3.8) is 0 Å². The first-order chi connectivity index (χ1) is 9.04. The fourth-order valence-corrected chi connectivity index (χ4v) is 1.55. The number of carbonyl (C=O) groups is 2. The second kappa shape index (κ2) is 5.65. The first-order valence-electron chi connectivity index (χ1n) is 6.64. The molecule has 1 aromatic rings. The highest BCUT2D eigenvalue weighted by Gasteiger charge is 2.25. The first-order valence-corrected chi connectivity index (χ1v) is 6.64. The molecule has 4 nitrogen and oxygen atoms in total. The quantitative estimate of drug-likeness (QED) is 0.522. The van der Waals surface area contributed by atoms with Gasteiger partial charge in [-0.05, 0) is 39.3 Å². The Labute approximate surface area is 119 Å². The summed E-state index contributed by atoms with van der Waals surface area (Å²) >= 11 is 0. The van der Waals surface area contributed by atoms with E-state index in [1.54, 1.807) is 47.6 Å². The van der Waals surface area contributed by atoms with E-state index in [0.717, 1.165) is 0 Å². The third-order valence-corrected chi connectivity index (χ3v) is 2.90. The van der Waals surface area contributed by atoms with E-state index in [9.17, 15) is 14.7 Å². The van der Waals surface area contributed by atoms with Crippen molar-refractivity contribution < 1.29 is 19.4 Å². The summed E-state index contributed by atoms with van der Waals surface area (Å²) in [7, 11) is 0. The van der Waals surface area contributed by atoms with Crippen molar-refractivity contribution >= 4 is 11.8 Å². The molecule has 0 unspecified atom stereocenters. The molecule has 4 heteroatoms. The lowest BCUT2D eigenvalue weighted by Crippen LogP contribution is -2.25. The van der Waals surface area contributed by atoms with Gasteiger partial charge in [-0.1, -0.05) is 13.8 Å². The number of carbonyl (C=O) groups excluding carboxylic acids is 2. The number of ether oxygens (including phenoxy) is 1. The largest absolute Gasteiger partial charge is 0.507 e. The number of Topliss-reactive ketones (excluding diaryl/α,β-unsaturated/α-hetero) is 1. The predicted molar refractivity (Wildman–Crippen MR) is 77.1 cm³/mol. The van der Waals surface area contributed by atoms with Gasteiger partial charge >= 0.3 is 5.97 Å². The van der Waals surface area contributed by atoms with Crippen LogP contribution in [-0.4, -0.2) is 16.9 Å². The second-order valence-electron chi connectivity index (χ2n) is 6.29. The van der Waals surface area contributed by atoms with Crippen LogP contribution in [0, 0.1) is 18.3 Å². The number of esters is 1. The Hall–Kier alpha value is -1.84. The summed E-state index contributed by atoms with van der Waals surface area (Å²) in [6, 6.07) is 2.89. The number of aromatic hydroxyl groups is 1. The van der Waals surface area contributed by atoms with Gasteiger partial charge in [0.05, 0.1) is 11.0 Å². The number of rotatable bonds is 3. The van der Waals surface area contributed by atoms with E-state index in [4.69, 9.17) is 4.74 Å². The topological polar surface area (TPSA) is 63.6 Å². The minimum Gasteiger partial charge on any atom is -0.507 e. The van der Waals surface area contributed by atoms with E-state index in [2.05, 4.69) is 0 Å². The number of phenols is 1. The Balaban J connectivity index is 3.12. The number of phenolic OH excluding ortho intramolecular Hbond substituents is 1. The summed E-state index contributed by atoms with van der Waals surface area (Å²) in [5.41, 5.74) is 0.270. The van der Waals surface area contributed by atoms with E-state index in [0.29, 0.717) is 5.56 Å². The van der Waals surface area contributed by atoms with Crippen molar-refractivity contribution in [1.82, 2.24) is 0 Å². The molecule has 20 heavy (non-hydrogen) atoms. The average molecular weight is 278 g/mol. The molecule has 110 valence electrons. The van der Waals surface area contributed by atoms with Gasteiger partial charge < -0.3 is 9.84 Å². The van der Waals surface area contributed by atoms with Crippen molar-refractivity contribution in [2.45, 2.75) is 41.5 Å². The maximum Gasteiger partial charge on any atom is 0.316 e. The third kappa shape index (κ3) is 3.59. The molecule has 0 aliphatic carbocycles. The summed E-state index contributed by atoms with van der Waals surface area (Å²) < 4.78 is 5.28. The number of hydrogen-bond acceptors (Lipinski definition) is 4. The molecule has 0 aromatic heterocycles. The molecule has 0 aliphatic rings. The van der Waals surface area contributed by atoms with Crippen LogP contribution >= 0.6 is 0 Å². The van der Waals surface area contributed by atoms with E-state index in [-0.39, 0.29) is 34.7 Å². The van der Waals surface area contributed by atoms with Gasteiger partial charge in [-0.15, -0.1) is 0 Å². The fourth-order valence-electron chi connectivity index (χ4n) is 1.55. The van der Waals surface area contributed by atoms with Gasteiger partial charge in [0.2, 0.25) is 0 Å². The molecule has 0 radical (unpaired) electrons. The highest BCUT2D eigenvalue weighted by molar-refractivity contribution is 6.00. The van der Waals surface area contributed by atoms with Crippen molar-refractivity contribution in [2.24, 2.45) is 11.3 Å².